The van der Waals surface area contributed by atoms with Crippen LogP contribution in [0.2, 0.25) is 5.02 Å². The molecule has 2 fully saturated rings. The number of ether oxygens (including phenoxy) is 10. The van der Waals surface area contributed by atoms with Crippen LogP contribution in [0.15, 0.2) is 277 Å². The summed E-state index contributed by atoms with van der Waals surface area (Å²) >= 11 is 7.01. The first kappa shape index (κ1) is 69.7. The summed E-state index contributed by atoms with van der Waals surface area (Å²) in [5.74, 6) is -6.68. The average molecular weight is 1410 g/mol. The Kier molecular flexibility index (Phi) is 23.6. The second-order valence-corrected chi connectivity index (χ2v) is 24.4. The molecule has 99 heavy (non-hydrogen) atoms. The number of hydrogen-bond acceptors (Lipinski definition) is 21. The number of rotatable bonds is 21. The molecule has 0 spiro atoms. The third-order valence-electron chi connectivity index (χ3n) is 15.4. The number of esters is 7. The molecule has 0 bridgehead atoms. The zero-order valence-electron chi connectivity index (χ0n) is 52.0. The Bertz CT molecular complexity index is 4540. The van der Waals surface area contributed by atoms with Crippen molar-refractivity contribution in [3.63, 3.8) is 0 Å². The van der Waals surface area contributed by atoms with E-state index in [1.165, 1.54) is 95.3 Å². The van der Waals surface area contributed by atoms with Crippen molar-refractivity contribution in [2.24, 2.45) is 9.98 Å². The molecule has 24 heteroatoms. The molecule has 3 heterocycles. The van der Waals surface area contributed by atoms with Crippen molar-refractivity contribution in [1.82, 2.24) is 4.57 Å². The molecule has 0 N–H and O–H groups in total. The fourth-order valence-electron chi connectivity index (χ4n) is 10.6. The smallest absolute Gasteiger partial charge is 0.338 e. The lowest BCUT2D eigenvalue weighted by molar-refractivity contribution is -0.338. The highest BCUT2D eigenvalue weighted by atomic mass is 35.5. The molecule has 20 nitrogen and oxygen atoms in total. The van der Waals surface area contributed by atoms with Crippen LogP contribution in [-0.4, -0.2) is 121 Å². The monoisotopic (exact) mass is 1410 g/mol. The molecule has 0 saturated carbocycles. The second-order valence-electron chi connectivity index (χ2n) is 21.9. The summed E-state index contributed by atoms with van der Waals surface area (Å²) in [6, 6.07) is 71.0. The van der Waals surface area contributed by atoms with Gasteiger partial charge in [0.05, 0.1) is 55.3 Å². The molecule has 0 amide bonds. The van der Waals surface area contributed by atoms with E-state index in [9.17, 15) is 28.8 Å². The summed E-state index contributed by atoms with van der Waals surface area (Å²) in [5.41, 5.74) is 1.32. The van der Waals surface area contributed by atoms with E-state index in [2.05, 4.69) is 0 Å². The van der Waals surface area contributed by atoms with Crippen molar-refractivity contribution in [2.45, 2.75) is 61.3 Å². The maximum absolute atomic E-state index is 15.1. The van der Waals surface area contributed by atoms with E-state index in [1.807, 2.05) is 30.3 Å². The first-order valence-electron chi connectivity index (χ1n) is 30.7. The van der Waals surface area contributed by atoms with E-state index in [-0.39, 0.29) is 56.2 Å². The normalized spacial score (nSPS) is 20.5. The molecule has 10 aromatic rings. The maximum Gasteiger partial charge on any atom is 0.338 e. The van der Waals surface area contributed by atoms with Gasteiger partial charge in [0.1, 0.15) is 31.5 Å². The number of hydrogen-bond donors (Lipinski definition) is 0. The molecule has 10 atom stereocenters. The highest BCUT2D eigenvalue weighted by Gasteiger charge is 2.58. The number of nitrogens with zero attached hydrogens (tertiary/aromatic N) is 3. The van der Waals surface area contributed by atoms with Gasteiger partial charge in [-0.25, -0.2) is 43.5 Å². The lowest BCUT2D eigenvalue weighted by Crippen LogP contribution is -2.67. The van der Waals surface area contributed by atoms with Crippen LogP contribution in [0.5, 0.6) is 0 Å². The molecule has 12 rings (SSSR count). The molecular formula is C75H59Cl2N3O17S2. The van der Waals surface area contributed by atoms with Gasteiger partial charge in [0, 0.05) is 0 Å². The molecule has 502 valence electrons. The molecule has 1 aromatic heterocycles. The number of aromatic nitrogens is 1. The Labute approximate surface area is 584 Å². The van der Waals surface area contributed by atoms with E-state index in [0.717, 1.165) is 10.3 Å². The Morgan fingerprint density at radius 1 is 0.364 bits per heavy atom. The quantitative estimate of drug-likeness (QED) is 0.0369. The lowest BCUT2D eigenvalue weighted by atomic mass is 9.95. The van der Waals surface area contributed by atoms with Crippen LogP contribution in [-0.2, 0) is 47.4 Å². The van der Waals surface area contributed by atoms with Gasteiger partial charge in [-0.2, -0.15) is 0 Å². The largest absolute Gasteiger partial charge is 0.459 e. The second kappa shape index (κ2) is 33.5. The predicted molar refractivity (Wildman–Crippen MR) is 365 cm³/mol. The number of benzene rings is 9. The minimum atomic E-state index is -2.12. The summed E-state index contributed by atoms with van der Waals surface area (Å²) < 4.78 is 67.4. The summed E-state index contributed by atoms with van der Waals surface area (Å²) in [6.07, 6.45) is -18.8. The summed E-state index contributed by atoms with van der Waals surface area (Å²) in [7, 11) is 2.36. The zero-order valence-corrected chi connectivity index (χ0v) is 55.2. The fraction of sp³-hybridized carbons (Fsp3) is 0.160. The number of carbonyl (C=O) groups excluding carboxylic acids is 7. The van der Waals surface area contributed by atoms with Gasteiger partial charge in [-0.05, 0) is 130 Å². The first-order valence-corrected chi connectivity index (χ1v) is 33.3. The van der Waals surface area contributed by atoms with Gasteiger partial charge >= 0.3 is 41.8 Å². The van der Waals surface area contributed by atoms with Gasteiger partial charge in [-0.1, -0.05) is 169 Å². The van der Waals surface area contributed by atoms with Crippen molar-refractivity contribution in [1.29, 1.82) is 0 Å². The molecule has 0 aliphatic carbocycles. The lowest BCUT2D eigenvalue weighted by Gasteiger charge is -2.48. The van der Waals surface area contributed by atoms with E-state index in [4.69, 9.17) is 69.0 Å². The highest BCUT2D eigenvalue weighted by Crippen LogP contribution is 2.38. The predicted octanol–water partition coefficient (Wildman–Crippen LogP) is 12.5. The zero-order chi connectivity index (χ0) is 67.7. The van der Waals surface area contributed by atoms with Gasteiger partial charge in [0.2, 0.25) is 9.60 Å². The Morgan fingerprint density at radius 3 is 1.10 bits per heavy atom. The van der Waals surface area contributed by atoms with Crippen molar-refractivity contribution in [3.8, 4) is 5.69 Å². The summed E-state index contributed by atoms with van der Waals surface area (Å²) in [4.78, 5) is 113. The Morgan fingerprint density at radius 2 is 0.687 bits per heavy atom. The standard InChI is InChI=1S/C75H58ClN3O17S2.ClH/c76-55-43-25-26-44-56(55)79-74(77-54-41-23-8-24-42-54)97-98-75(79)78-65-63(94-71(85)52-37-19-6-20-38-52)61(92-69(83)50-33-15-4-16-34-50)60(57(89-65)45-87-66(80)47-27-9-1-10-28-47)96-73-64(95-72(86)53-39-21-7-22-40-53)62(93-70(84)51-35-17-5-18-36-51)59(91-68(82)49-31-13-3-14-32-49)58(90-73)46-88-67(81)48-29-11-2-12-30-48;/h1-44,57-65,73H,45-46H2;1H/b77-74?,78-75+;/t57-,58-,59+,60-,61+,62+,63-,64-,65-,73+;/m1./s1. The van der Waals surface area contributed by atoms with Crippen molar-refractivity contribution >= 4 is 92.2 Å². The summed E-state index contributed by atoms with van der Waals surface area (Å²) in [6.45, 7) is -1.52. The molecule has 2 aliphatic rings. The number of carbonyl (C=O) groups is 7. The minimum Gasteiger partial charge on any atom is -0.459 e. The molecule has 9 aromatic carbocycles. The van der Waals surface area contributed by atoms with E-state index in [1.54, 1.807) is 156 Å². The number of para-hydroxylation sites is 2. The third-order valence-corrected chi connectivity index (χ3v) is 17.8. The molecule has 0 unspecified atom stereocenters. The minimum absolute atomic E-state index is 0. The van der Waals surface area contributed by atoms with Crippen LogP contribution in [0.25, 0.3) is 5.69 Å². The van der Waals surface area contributed by atoms with Crippen LogP contribution < -0.4 is 9.60 Å². The molecule has 2 saturated heterocycles. The molecule has 2 aliphatic heterocycles. The maximum atomic E-state index is 15.1. The summed E-state index contributed by atoms with van der Waals surface area (Å²) in [5, 5.41) is 0.294. The van der Waals surface area contributed by atoms with Crippen molar-refractivity contribution < 1.29 is 80.9 Å². The van der Waals surface area contributed by atoms with Crippen molar-refractivity contribution in [3.05, 3.63) is 320 Å². The SMILES string of the molecule is Cl.O=C(OC[C@H]1O[C@@H](O[C@H]2[C@H](OC(=O)c3ccccc3)[C@@H](OC(=O)c3ccccc3)[C@H](/N=c3/ssc(=Nc4ccccc4)n3-c3ccccc3Cl)O[C@@H]2COC(=O)c2ccccc2)[C@H](OC(=O)c2ccccc2)[C@@H](OC(=O)c2ccccc2)[C@H]1OC(=O)c1ccccc1)c1ccccc1. The average Bonchev–Trinajstić information content (AvgIpc) is 1.43. The first-order chi connectivity index (χ1) is 47.9. The van der Waals surface area contributed by atoms with Crippen LogP contribution in [0, 0.1) is 0 Å². The van der Waals surface area contributed by atoms with Gasteiger partial charge in [0.25, 0.3) is 0 Å². The van der Waals surface area contributed by atoms with Crippen LogP contribution in [0.3, 0.4) is 0 Å². The van der Waals surface area contributed by atoms with Gasteiger partial charge in [0.15, 0.2) is 43.0 Å². The van der Waals surface area contributed by atoms with E-state index >= 15 is 4.79 Å². The van der Waals surface area contributed by atoms with Crippen LogP contribution in [0.1, 0.15) is 72.5 Å². The van der Waals surface area contributed by atoms with Crippen LogP contribution in [0.4, 0.5) is 5.69 Å². The third kappa shape index (κ3) is 17.4. The Hall–Kier alpha value is -10.7. The topological polar surface area (TPSA) is 241 Å². The molecular weight excluding hydrogens is 1350 g/mol. The van der Waals surface area contributed by atoms with Crippen LogP contribution >= 0.6 is 44.7 Å². The van der Waals surface area contributed by atoms with Crippen molar-refractivity contribution in [2.75, 3.05) is 13.2 Å². The van der Waals surface area contributed by atoms with E-state index in [0.29, 0.717) is 21.2 Å². The van der Waals surface area contributed by atoms with E-state index < -0.39 is 116 Å². The number of halogens is 2. The highest BCUT2D eigenvalue weighted by molar-refractivity contribution is 7.67. The molecule has 0 radical (unpaired) electrons. The van der Waals surface area contributed by atoms with Gasteiger partial charge in [-0.3, -0.25) is 4.57 Å². The Balaban J connectivity index is 0.00000990. The van der Waals surface area contributed by atoms with Gasteiger partial charge in [-0.15, -0.1) is 12.4 Å². The van der Waals surface area contributed by atoms with Gasteiger partial charge < -0.3 is 47.4 Å². The fourth-order valence-corrected chi connectivity index (χ4v) is 13.0.